The highest BCUT2D eigenvalue weighted by atomic mass is 19.4. The van der Waals surface area contributed by atoms with E-state index in [9.17, 15) is 13.2 Å². The normalized spacial score (nSPS) is 21.1. The fourth-order valence-corrected chi connectivity index (χ4v) is 2.64. The number of likely N-dealkylation sites (N-methyl/N-ethyl adjacent to an activating group) is 2. The number of nitrogens with zero attached hydrogens (tertiary/aromatic N) is 3. The summed E-state index contributed by atoms with van der Waals surface area (Å²) in [4.78, 5) is 2.12. The molecule has 1 aliphatic rings. The molecule has 0 amide bonds. The van der Waals surface area contributed by atoms with Crippen LogP contribution in [-0.2, 0) is 0 Å². The molecule has 128 valence electrons. The fraction of sp³-hybridized carbons (Fsp3) is 0.600. The number of hydrogen-bond donors (Lipinski definition) is 1. The minimum Gasteiger partial charge on any atom is -0.405 e. The molecule has 0 aliphatic carbocycles. The van der Waals surface area contributed by atoms with Crippen molar-refractivity contribution in [1.29, 1.82) is 0 Å². The third-order valence-corrected chi connectivity index (χ3v) is 3.72. The van der Waals surface area contributed by atoms with Crippen LogP contribution in [0.5, 0.6) is 5.75 Å². The van der Waals surface area contributed by atoms with Crippen molar-refractivity contribution < 1.29 is 17.9 Å². The van der Waals surface area contributed by atoms with Gasteiger partial charge in [0.15, 0.2) is 0 Å². The fourth-order valence-electron chi connectivity index (χ4n) is 2.64. The van der Waals surface area contributed by atoms with Gasteiger partial charge in [-0.05, 0) is 20.2 Å². The first-order valence-corrected chi connectivity index (χ1v) is 7.45. The molecule has 1 aromatic rings. The van der Waals surface area contributed by atoms with Gasteiger partial charge in [0.1, 0.15) is 11.8 Å². The van der Waals surface area contributed by atoms with Gasteiger partial charge in [-0.3, -0.25) is 0 Å². The molecule has 23 heavy (non-hydrogen) atoms. The molecule has 1 aromatic carbocycles. The van der Waals surface area contributed by atoms with Gasteiger partial charge >= 0.3 is 6.36 Å². The molecule has 0 fully saturated rings. The Kier molecular flexibility index (Phi) is 5.95. The van der Waals surface area contributed by atoms with E-state index in [1.807, 2.05) is 14.1 Å². The molecule has 2 rings (SSSR count). The second-order valence-corrected chi connectivity index (χ2v) is 5.60. The molecule has 1 N–H and O–H groups in total. The minimum atomic E-state index is -4.72. The summed E-state index contributed by atoms with van der Waals surface area (Å²) in [6, 6.07) is 5.74. The van der Waals surface area contributed by atoms with E-state index in [0.29, 0.717) is 18.7 Å². The van der Waals surface area contributed by atoms with Crippen molar-refractivity contribution in [2.45, 2.75) is 12.4 Å². The van der Waals surface area contributed by atoms with Crippen molar-refractivity contribution in [2.75, 3.05) is 40.3 Å². The summed E-state index contributed by atoms with van der Waals surface area (Å²) in [6.07, 6.45) is -4.72. The van der Waals surface area contributed by atoms with Crippen LogP contribution in [0.1, 0.15) is 11.6 Å². The van der Waals surface area contributed by atoms with Gasteiger partial charge in [0.05, 0.1) is 6.54 Å². The predicted molar refractivity (Wildman–Crippen MR) is 80.5 cm³/mol. The van der Waals surface area contributed by atoms with Gasteiger partial charge in [-0.1, -0.05) is 18.2 Å². The zero-order valence-electron chi connectivity index (χ0n) is 13.2. The molecule has 8 heteroatoms. The van der Waals surface area contributed by atoms with Gasteiger partial charge in [0.25, 0.3) is 0 Å². The smallest absolute Gasteiger partial charge is 0.405 e. The highest BCUT2D eigenvalue weighted by molar-refractivity contribution is 5.37. The van der Waals surface area contributed by atoms with Gasteiger partial charge in [-0.25, -0.2) is 0 Å². The number of rotatable bonds is 7. The van der Waals surface area contributed by atoms with Crippen LogP contribution in [0.25, 0.3) is 0 Å². The van der Waals surface area contributed by atoms with Crippen molar-refractivity contribution in [3.8, 4) is 5.75 Å². The number of alkyl halides is 3. The molecule has 1 aliphatic heterocycles. The molecule has 0 radical (unpaired) electrons. The molecule has 2 unspecified atom stereocenters. The van der Waals surface area contributed by atoms with E-state index in [1.54, 1.807) is 12.1 Å². The highest BCUT2D eigenvalue weighted by Crippen LogP contribution is 2.39. The largest absolute Gasteiger partial charge is 0.573 e. The molecule has 5 nitrogen and oxygen atoms in total. The quantitative estimate of drug-likeness (QED) is 0.836. The average Bonchev–Trinajstić information content (AvgIpc) is 2.92. The maximum absolute atomic E-state index is 12.6. The number of hydrogen-bond acceptors (Lipinski definition) is 5. The van der Waals surface area contributed by atoms with Gasteiger partial charge in [0, 0.05) is 31.1 Å². The molecule has 0 spiro atoms. The Morgan fingerprint density at radius 2 is 2.09 bits per heavy atom. The summed E-state index contributed by atoms with van der Waals surface area (Å²) in [5.41, 5.74) is 0.429. The van der Waals surface area contributed by atoms with Crippen LogP contribution in [-0.4, -0.2) is 51.5 Å². The lowest BCUT2D eigenvalue weighted by molar-refractivity contribution is -0.275. The van der Waals surface area contributed by atoms with Crippen LogP contribution in [0.2, 0.25) is 0 Å². The summed E-state index contributed by atoms with van der Waals surface area (Å²) in [5, 5.41) is 11.3. The third-order valence-electron chi connectivity index (χ3n) is 3.72. The number of para-hydroxylation sites is 1. The SMILES string of the molecule is CNCCN(C)CC1CN=NC1c1ccccc1OC(F)(F)F. The number of azo groups is 1. The number of benzene rings is 1. The number of halogens is 3. The van der Waals surface area contributed by atoms with Crippen LogP contribution in [0, 0.1) is 5.92 Å². The lowest BCUT2D eigenvalue weighted by atomic mass is 9.93. The van der Waals surface area contributed by atoms with E-state index in [2.05, 4.69) is 25.2 Å². The zero-order valence-corrected chi connectivity index (χ0v) is 13.2. The van der Waals surface area contributed by atoms with E-state index in [1.165, 1.54) is 12.1 Å². The molecule has 0 saturated heterocycles. The molecular formula is C15H21F3N4O. The van der Waals surface area contributed by atoms with Gasteiger partial charge in [-0.2, -0.15) is 10.2 Å². The van der Waals surface area contributed by atoms with E-state index in [-0.39, 0.29) is 11.7 Å². The monoisotopic (exact) mass is 330 g/mol. The van der Waals surface area contributed by atoms with Gasteiger partial charge in [-0.15, -0.1) is 13.2 Å². The van der Waals surface area contributed by atoms with E-state index in [4.69, 9.17) is 0 Å². The van der Waals surface area contributed by atoms with Crippen LogP contribution in [0.4, 0.5) is 13.2 Å². The second-order valence-electron chi connectivity index (χ2n) is 5.60. The first-order chi connectivity index (χ1) is 10.9. The van der Waals surface area contributed by atoms with Gasteiger partial charge in [0.2, 0.25) is 0 Å². The van der Waals surface area contributed by atoms with Crippen molar-refractivity contribution in [2.24, 2.45) is 16.1 Å². The Balaban J connectivity index is 2.12. The lowest BCUT2D eigenvalue weighted by Crippen LogP contribution is -2.33. The van der Waals surface area contributed by atoms with Crippen molar-refractivity contribution >= 4 is 0 Å². The highest BCUT2D eigenvalue weighted by Gasteiger charge is 2.35. The predicted octanol–water partition coefficient (Wildman–Crippen LogP) is 2.86. The molecule has 0 bridgehead atoms. The Bertz CT molecular complexity index is 536. The summed E-state index contributed by atoms with van der Waals surface area (Å²) >= 11 is 0. The summed E-state index contributed by atoms with van der Waals surface area (Å²) in [6.45, 7) is 2.91. The zero-order chi connectivity index (χ0) is 16.9. The molecule has 0 saturated carbocycles. The Morgan fingerprint density at radius 3 is 2.78 bits per heavy atom. The number of nitrogens with one attached hydrogen (secondary N) is 1. The molecule has 1 heterocycles. The molecule has 2 atom stereocenters. The van der Waals surface area contributed by atoms with E-state index >= 15 is 0 Å². The lowest BCUT2D eigenvalue weighted by Gasteiger charge is -2.24. The molecule has 0 aromatic heterocycles. The first kappa shape index (κ1) is 17.7. The summed E-state index contributed by atoms with van der Waals surface area (Å²) in [7, 11) is 3.85. The van der Waals surface area contributed by atoms with E-state index < -0.39 is 12.4 Å². The summed E-state index contributed by atoms with van der Waals surface area (Å²) < 4.78 is 41.8. The van der Waals surface area contributed by atoms with Gasteiger partial charge < -0.3 is 15.0 Å². The first-order valence-electron chi connectivity index (χ1n) is 7.45. The standard InChI is InChI=1S/C15H21F3N4O/c1-19-7-8-22(2)10-11-9-20-21-14(11)12-5-3-4-6-13(12)23-15(16,17)18/h3-6,11,14,19H,7-10H2,1-2H3. The van der Waals surface area contributed by atoms with Crippen molar-refractivity contribution in [1.82, 2.24) is 10.2 Å². The van der Waals surface area contributed by atoms with E-state index in [0.717, 1.165) is 13.1 Å². The Hall–Kier alpha value is -1.67. The maximum atomic E-state index is 12.6. The Morgan fingerprint density at radius 1 is 1.35 bits per heavy atom. The van der Waals surface area contributed by atoms with Crippen LogP contribution >= 0.6 is 0 Å². The van der Waals surface area contributed by atoms with Crippen LogP contribution < -0.4 is 10.1 Å². The Labute approximate surface area is 133 Å². The maximum Gasteiger partial charge on any atom is 0.573 e. The van der Waals surface area contributed by atoms with Crippen LogP contribution in [0.3, 0.4) is 0 Å². The van der Waals surface area contributed by atoms with Crippen molar-refractivity contribution in [3.63, 3.8) is 0 Å². The second kappa shape index (κ2) is 7.74. The minimum absolute atomic E-state index is 0.0369. The third kappa shape index (κ3) is 5.18. The van der Waals surface area contributed by atoms with Crippen LogP contribution in [0.15, 0.2) is 34.5 Å². The number of ether oxygens (including phenoxy) is 1. The topological polar surface area (TPSA) is 49.2 Å². The van der Waals surface area contributed by atoms with Crippen molar-refractivity contribution in [3.05, 3.63) is 29.8 Å². The summed E-state index contributed by atoms with van der Waals surface area (Å²) in [5.74, 6) is -0.163. The average molecular weight is 330 g/mol. The molecular weight excluding hydrogens is 309 g/mol.